The van der Waals surface area contributed by atoms with E-state index in [1.165, 1.54) is 11.1 Å². The molecule has 2 nitrogen and oxygen atoms in total. The van der Waals surface area contributed by atoms with Crippen LogP contribution in [-0.2, 0) is 11.2 Å². The Labute approximate surface area is 101 Å². The van der Waals surface area contributed by atoms with Crippen LogP contribution in [0.4, 0.5) is 0 Å². The fourth-order valence-corrected chi connectivity index (χ4v) is 2.62. The highest BCUT2D eigenvalue weighted by Gasteiger charge is 2.24. The van der Waals surface area contributed by atoms with Gasteiger partial charge in [0.1, 0.15) is 0 Å². The van der Waals surface area contributed by atoms with Crippen LogP contribution in [0.2, 0.25) is 0 Å². The van der Waals surface area contributed by atoms with E-state index in [4.69, 9.17) is 0 Å². The van der Waals surface area contributed by atoms with E-state index in [9.17, 15) is 4.79 Å². The lowest BCUT2D eigenvalue weighted by atomic mass is 9.92. The molecule has 1 aromatic carbocycles. The van der Waals surface area contributed by atoms with Crippen molar-refractivity contribution in [2.75, 3.05) is 7.05 Å². The molecule has 1 aliphatic heterocycles. The molecule has 0 aromatic heterocycles. The smallest absolute Gasteiger partial charge is 0.231 e. The van der Waals surface area contributed by atoms with Gasteiger partial charge in [-0.05, 0) is 35.6 Å². The van der Waals surface area contributed by atoms with Crippen molar-refractivity contribution in [2.24, 2.45) is 0 Å². The van der Waals surface area contributed by atoms with Crippen molar-refractivity contribution in [3.63, 3.8) is 0 Å². The van der Waals surface area contributed by atoms with E-state index in [0.717, 1.165) is 24.1 Å². The molecule has 17 heavy (non-hydrogen) atoms. The standard InChI is InChI=1S/C15H15NO/c1-16-14-9-5-4-8-13(14)12-7-3-2-6-11(12)10-15(16)17/h2-3,5-7,9H,4,8,10H2,1H3. The Hall–Kier alpha value is -1.83. The molecule has 1 aliphatic carbocycles. The summed E-state index contributed by atoms with van der Waals surface area (Å²) in [6, 6.07) is 8.26. The van der Waals surface area contributed by atoms with Crippen LogP contribution < -0.4 is 0 Å². The maximum atomic E-state index is 12.1. The molecule has 0 radical (unpaired) electrons. The van der Waals surface area contributed by atoms with Gasteiger partial charge in [0.15, 0.2) is 0 Å². The number of fused-ring (bicyclic) bond motifs is 2. The van der Waals surface area contributed by atoms with Gasteiger partial charge >= 0.3 is 0 Å². The van der Waals surface area contributed by atoms with Gasteiger partial charge in [-0.15, -0.1) is 0 Å². The van der Waals surface area contributed by atoms with E-state index in [1.807, 2.05) is 13.1 Å². The van der Waals surface area contributed by atoms with Crippen LogP contribution in [0, 0.1) is 0 Å². The van der Waals surface area contributed by atoms with Gasteiger partial charge in [0, 0.05) is 12.7 Å². The summed E-state index contributed by atoms with van der Waals surface area (Å²) in [5.41, 5.74) is 4.80. The number of allylic oxidation sites excluding steroid dienone is 3. The van der Waals surface area contributed by atoms with Gasteiger partial charge in [-0.25, -0.2) is 0 Å². The number of hydrogen-bond donors (Lipinski definition) is 0. The van der Waals surface area contributed by atoms with E-state index >= 15 is 0 Å². The second kappa shape index (κ2) is 3.88. The van der Waals surface area contributed by atoms with E-state index in [-0.39, 0.29) is 5.91 Å². The van der Waals surface area contributed by atoms with Gasteiger partial charge in [-0.3, -0.25) is 4.79 Å². The number of amides is 1. The zero-order chi connectivity index (χ0) is 11.8. The van der Waals surface area contributed by atoms with Crippen LogP contribution in [0.1, 0.15) is 24.0 Å². The minimum Gasteiger partial charge on any atom is -0.315 e. The molecule has 0 N–H and O–H groups in total. The summed E-state index contributed by atoms with van der Waals surface area (Å²) >= 11 is 0. The van der Waals surface area contributed by atoms with E-state index in [0.29, 0.717) is 6.42 Å². The molecule has 3 rings (SSSR count). The lowest BCUT2D eigenvalue weighted by Gasteiger charge is -2.21. The van der Waals surface area contributed by atoms with E-state index in [1.54, 1.807) is 4.90 Å². The molecule has 1 heterocycles. The molecule has 86 valence electrons. The molecule has 1 aromatic rings. The molecule has 1 amide bonds. The molecule has 2 aliphatic rings. The molecule has 0 saturated heterocycles. The third-order valence-corrected chi connectivity index (χ3v) is 3.57. The van der Waals surface area contributed by atoms with Gasteiger partial charge in [0.25, 0.3) is 0 Å². The van der Waals surface area contributed by atoms with Crippen LogP contribution in [0.5, 0.6) is 0 Å². The molecule has 0 unspecified atom stereocenters. The highest BCUT2D eigenvalue weighted by molar-refractivity contribution is 5.89. The van der Waals surface area contributed by atoms with Crippen molar-refractivity contribution in [1.82, 2.24) is 4.90 Å². The van der Waals surface area contributed by atoms with E-state index < -0.39 is 0 Å². The number of hydrogen-bond acceptors (Lipinski definition) is 1. The highest BCUT2D eigenvalue weighted by Crippen LogP contribution is 2.34. The average molecular weight is 225 g/mol. The first-order valence-corrected chi connectivity index (χ1v) is 6.02. The normalized spacial score (nSPS) is 18.9. The van der Waals surface area contributed by atoms with Crippen molar-refractivity contribution < 1.29 is 4.79 Å². The minimum atomic E-state index is 0.175. The first kappa shape index (κ1) is 10.3. The maximum absolute atomic E-state index is 12.1. The number of carbonyl (C=O) groups is 1. The molecular weight excluding hydrogens is 210 g/mol. The molecular formula is C15H15NO. The number of nitrogens with zero attached hydrogens (tertiary/aromatic N) is 1. The van der Waals surface area contributed by atoms with Gasteiger partial charge < -0.3 is 4.90 Å². The summed E-state index contributed by atoms with van der Waals surface area (Å²) in [5.74, 6) is 0.175. The average Bonchev–Trinajstić information content (AvgIpc) is 2.48. The Morgan fingerprint density at radius 2 is 2.06 bits per heavy atom. The lowest BCUT2D eigenvalue weighted by Crippen LogP contribution is -2.26. The molecule has 0 atom stereocenters. The fourth-order valence-electron chi connectivity index (χ4n) is 2.62. The monoisotopic (exact) mass is 225 g/mol. The summed E-state index contributed by atoms with van der Waals surface area (Å²) in [4.78, 5) is 13.9. The van der Waals surface area contributed by atoms with Crippen LogP contribution >= 0.6 is 0 Å². The largest absolute Gasteiger partial charge is 0.315 e. The molecule has 0 fully saturated rings. The van der Waals surface area contributed by atoms with Gasteiger partial charge in [-0.1, -0.05) is 30.3 Å². The molecule has 0 bridgehead atoms. The number of rotatable bonds is 0. The van der Waals surface area contributed by atoms with Crippen LogP contribution in [-0.4, -0.2) is 17.9 Å². The Kier molecular flexibility index (Phi) is 2.36. The molecule has 0 saturated carbocycles. The highest BCUT2D eigenvalue weighted by atomic mass is 16.2. The lowest BCUT2D eigenvalue weighted by molar-refractivity contribution is -0.127. The molecule has 2 heteroatoms. The molecule has 0 spiro atoms. The quantitative estimate of drug-likeness (QED) is 0.665. The third-order valence-electron chi connectivity index (χ3n) is 3.57. The van der Waals surface area contributed by atoms with Crippen molar-refractivity contribution in [3.8, 4) is 0 Å². The van der Waals surface area contributed by atoms with Gasteiger partial charge in [0.2, 0.25) is 5.91 Å². The fraction of sp³-hybridized carbons (Fsp3) is 0.267. The Bertz CT molecular complexity index is 540. The van der Waals surface area contributed by atoms with Crippen LogP contribution in [0.3, 0.4) is 0 Å². The Morgan fingerprint density at radius 1 is 1.24 bits per heavy atom. The third kappa shape index (κ3) is 1.60. The number of carbonyl (C=O) groups excluding carboxylic acids is 1. The van der Waals surface area contributed by atoms with Crippen LogP contribution in [0.25, 0.3) is 5.57 Å². The number of likely N-dealkylation sites (N-methyl/N-ethyl adjacent to an activating group) is 1. The topological polar surface area (TPSA) is 20.3 Å². The minimum absolute atomic E-state index is 0.175. The SMILES string of the molecule is CN1C(=O)Cc2ccccc2C2=C1C=CCC2. The first-order valence-electron chi connectivity index (χ1n) is 6.02. The summed E-state index contributed by atoms with van der Waals surface area (Å²) in [6.45, 7) is 0. The second-order valence-electron chi connectivity index (χ2n) is 4.59. The predicted octanol–water partition coefficient (Wildman–Crippen LogP) is 2.76. The maximum Gasteiger partial charge on any atom is 0.231 e. The van der Waals surface area contributed by atoms with Gasteiger partial charge in [-0.2, -0.15) is 0 Å². The zero-order valence-electron chi connectivity index (χ0n) is 9.94. The van der Waals surface area contributed by atoms with Crippen molar-refractivity contribution in [1.29, 1.82) is 0 Å². The van der Waals surface area contributed by atoms with Crippen molar-refractivity contribution >= 4 is 11.5 Å². The predicted molar refractivity (Wildman–Crippen MR) is 68.2 cm³/mol. The van der Waals surface area contributed by atoms with E-state index in [2.05, 4.69) is 30.4 Å². The summed E-state index contributed by atoms with van der Waals surface area (Å²) < 4.78 is 0. The van der Waals surface area contributed by atoms with Crippen LogP contribution in [0.15, 0.2) is 42.1 Å². The number of benzene rings is 1. The Morgan fingerprint density at radius 3 is 2.94 bits per heavy atom. The van der Waals surface area contributed by atoms with Gasteiger partial charge in [0.05, 0.1) is 6.42 Å². The Balaban J connectivity index is 2.25. The van der Waals surface area contributed by atoms with Crippen molar-refractivity contribution in [3.05, 3.63) is 53.2 Å². The van der Waals surface area contributed by atoms with Crippen molar-refractivity contribution in [2.45, 2.75) is 19.3 Å². The summed E-state index contributed by atoms with van der Waals surface area (Å²) in [6.07, 6.45) is 6.83. The summed E-state index contributed by atoms with van der Waals surface area (Å²) in [7, 11) is 1.87. The summed E-state index contributed by atoms with van der Waals surface area (Å²) in [5, 5.41) is 0. The first-order chi connectivity index (χ1) is 8.27. The second-order valence-corrected chi connectivity index (χ2v) is 4.59. The zero-order valence-corrected chi connectivity index (χ0v) is 9.94.